The van der Waals surface area contributed by atoms with E-state index in [-0.39, 0.29) is 11.3 Å². The van der Waals surface area contributed by atoms with Crippen LogP contribution in [0.1, 0.15) is 78.2 Å². The van der Waals surface area contributed by atoms with Gasteiger partial charge in [0.25, 0.3) is 0 Å². The molecule has 2 rings (SSSR count). The molecular weight excluding hydrogens is 346 g/mol. The van der Waals surface area contributed by atoms with E-state index in [1.54, 1.807) is 7.11 Å². The van der Waals surface area contributed by atoms with Gasteiger partial charge >= 0.3 is 0 Å². The summed E-state index contributed by atoms with van der Waals surface area (Å²) in [6.45, 7) is 11.2. The first-order valence-corrected chi connectivity index (χ1v) is 11.0. The Bertz CT molecular complexity index is 655. The number of Topliss-reactive ketones (excluding diaryl/α,β-unsaturated/α-hetero) is 1. The molecule has 0 N–H and O–H groups in total. The molecule has 0 saturated heterocycles. The van der Waals surface area contributed by atoms with Crippen LogP contribution in [0.3, 0.4) is 0 Å². The lowest BCUT2D eigenvalue weighted by molar-refractivity contribution is -0.125. The normalized spacial score (nSPS) is 19.2. The molecule has 0 aromatic heterocycles. The number of carbonyl (C=O) groups is 1. The number of benzene rings is 1. The van der Waals surface area contributed by atoms with Gasteiger partial charge in [0, 0.05) is 42.7 Å². The van der Waals surface area contributed by atoms with E-state index in [4.69, 9.17) is 4.74 Å². The molecule has 0 heterocycles. The van der Waals surface area contributed by atoms with Crippen LogP contribution in [0, 0.1) is 11.3 Å². The maximum absolute atomic E-state index is 12.3. The highest BCUT2D eigenvalue weighted by atomic mass is 16.5. The Kier molecular flexibility index (Phi) is 8.59. The number of ether oxygens (including phenoxy) is 1. The zero-order valence-electron chi connectivity index (χ0n) is 18.6. The first kappa shape index (κ1) is 22.5. The second kappa shape index (κ2) is 10.7. The van der Waals surface area contributed by atoms with Crippen molar-refractivity contribution < 1.29 is 9.53 Å². The lowest BCUT2D eigenvalue weighted by Crippen LogP contribution is -2.28. The summed E-state index contributed by atoms with van der Waals surface area (Å²) in [7, 11) is 1.73. The maximum Gasteiger partial charge on any atom is 0.139 e. The van der Waals surface area contributed by atoms with Crippen molar-refractivity contribution in [1.82, 2.24) is 0 Å². The number of rotatable bonds is 10. The van der Waals surface area contributed by atoms with Gasteiger partial charge in [0.05, 0.1) is 7.11 Å². The van der Waals surface area contributed by atoms with Crippen molar-refractivity contribution >= 4 is 17.5 Å². The molecule has 0 spiro atoms. The average molecular weight is 386 g/mol. The summed E-state index contributed by atoms with van der Waals surface area (Å²) in [5.74, 6) is 1.28. The van der Waals surface area contributed by atoms with Crippen LogP contribution in [0.2, 0.25) is 0 Å². The molecule has 0 bridgehead atoms. The minimum atomic E-state index is 0.0266. The van der Waals surface area contributed by atoms with Crippen LogP contribution in [-0.4, -0.2) is 26.0 Å². The highest BCUT2D eigenvalue weighted by Gasteiger charge is 2.31. The van der Waals surface area contributed by atoms with Crippen molar-refractivity contribution in [2.75, 3.05) is 25.1 Å². The maximum atomic E-state index is 12.3. The van der Waals surface area contributed by atoms with Crippen LogP contribution in [-0.2, 0) is 4.79 Å². The topological polar surface area (TPSA) is 29.5 Å². The average Bonchev–Trinajstić information content (AvgIpc) is 2.68. The van der Waals surface area contributed by atoms with Crippen molar-refractivity contribution in [2.45, 2.75) is 72.6 Å². The van der Waals surface area contributed by atoms with Gasteiger partial charge < -0.3 is 9.64 Å². The van der Waals surface area contributed by atoms with Gasteiger partial charge in [-0.1, -0.05) is 52.7 Å². The first-order valence-electron chi connectivity index (χ1n) is 11.0. The van der Waals surface area contributed by atoms with Crippen LogP contribution in [0.15, 0.2) is 24.3 Å². The van der Waals surface area contributed by atoms with E-state index in [0.29, 0.717) is 12.2 Å². The number of nitrogens with zero attached hydrogens (tertiary/aromatic N) is 1. The van der Waals surface area contributed by atoms with E-state index < -0.39 is 0 Å². The fourth-order valence-electron chi connectivity index (χ4n) is 3.96. The lowest BCUT2D eigenvalue weighted by atomic mass is 9.71. The molecule has 3 nitrogen and oxygen atoms in total. The molecule has 1 saturated carbocycles. The summed E-state index contributed by atoms with van der Waals surface area (Å²) in [6.07, 6.45) is 11.6. The second-order valence-corrected chi connectivity index (χ2v) is 8.92. The molecule has 1 fully saturated rings. The van der Waals surface area contributed by atoms with Gasteiger partial charge in [0.2, 0.25) is 0 Å². The third kappa shape index (κ3) is 6.39. The monoisotopic (exact) mass is 385 g/mol. The van der Waals surface area contributed by atoms with Gasteiger partial charge in [-0.2, -0.15) is 0 Å². The van der Waals surface area contributed by atoms with Crippen molar-refractivity contribution in [2.24, 2.45) is 11.3 Å². The Morgan fingerprint density at radius 3 is 2.46 bits per heavy atom. The second-order valence-electron chi connectivity index (χ2n) is 8.92. The van der Waals surface area contributed by atoms with Gasteiger partial charge in [-0.05, 0) is 43.2 Å². The summed E-state index contributed by atoms with van der Waals surface area (Å²) in [5.41, 5.74) is 2.52. The van der Waals surface area contributed by atoms with Gasteiger partial charge in [-0.3, -0.25) is 4.79 Å². The minimum absolute atomic E-state index is 0.0266. The number of unbranched alkanes of at least 4 members (excludes halogenated alkanes) is 2. The molecule has 0 aliphatic heterocycles. The number of carbonyl (C=O) groups excluding carboxylic acids is 1. The van der Waals surface area contributed by atoms with Crippen molar-refractivity contribution in [3.8, 4) is 5.75 Å². The fourth-order valence-corrected chi connectivity index (χ4v) is 3.96. The van der Waals surface area contributed by atoms with Crippen molar-refractivity contribution in [1.29, 1.82) is 0 Å². The summed E-state index contributed by atoms with van der Waals surface area (Å²) in [4.78, 5) is 14.8. The van der Waals surface area contributed by atoms with Gasteiger partial charge in [0.1, 0.15) is 11.5 Å². The summed E-state index contributed by atoms with van der Waals surface area (Å²) in [5, 5.41) is 0. The van der Waals surface area contributed by atoms with Gasteiger partial charge in [0.15, 0.2) is 0 Å². The number of hydrogen-bond donors (Lipinski definition) is 0. The molecule has 0 radical (unpaired) electrons. The largest absolute Gasteiger partial charge is 0.496 e. The minimum Gasteiger partial charge on any atom is -0.496 e. The zero-order chi connectivity index (χ0) is 20.6. The standard InChI is InChI=1S/C25H39NO2/c1-6-8-16-26(17-9-7-2)22-13-12-20(24(18-22)28-5)10-11-21-19-25(3,4)15-14-23(21)27/h10-13,18,21H,6-9,14-17,19H2,1-5H3. The van der Waals surface area contributed by atoms with Crippen molar-refractivity contribution in [3.05, 3.63) is 29.8 Å². The van der Waals surface area contributed by atoms with E-state index in [1.807, 2.05) is 0 Å². The molecule has 0 amide bonds. The van der Waals surface area contributed by atoms with Crippen molar-refractivity contribution in [3.63, 3.8) is 0 Å². The van der Waals surface area contributed by atoms with E-state index in [1.165, 1.54) is 31.4 Å². The Labute approximate surface area is 172 Å². The van der Waals surface area contributed by atoms with E-state index in [9.17, 15) is 4.79 Å². The molecule has 1 aromatic carbocycles. The highest BCUT2D eigenvalue weighted by molar-refractivity contribution is 5.84. The predicted molar refractivity (Wildman–Crippen MR) is 120 cm³/mol. The Hall–Kier alpha value is -1.77. The molecule has 1 aliphatic carbocycles. The number of ketones is 1. The van der Waals surface area contributed by atoms with E-state index >= 15 is 0 Å². The third-order valence-corrected chi connectivity index (χ3v) is 5.89. The first-order chi connectivity index (χ1) is 13.4. The molecular formula is C25H39NO2. The summed E-state index contributed by atoms with van der Waals surface area (Å²) < 4.78 is 5.69. The molecule has 1 aliphatic rings. The fraction of sp³-hybridized carbons (Fsp3) is 0.640. The molecule has 1 atom stereocenters. The highest BCUT2D eigenvalue weighted by Crippen LogP contribution is 2.38. The molecule has 156 valence electrons. The molecule has 28 heavy (non-hydrogen) atoms. The van der Waals surface area contributed by atoms with E-state index in [0.717, 1.165) is 37.2 Å². The summed E-state index contributed by atoms with van der Waals surface area (Å²) >= 11 is 0. The summed E-state index contributed by atoms with van der Waals surface area (Å²) in [6, 6.07) is 6.48. The predicted octanol–water partition coefficient (Wildman–Crippen LogP) is 6.51. The number of methoxy groups -OCH3 is 1. The number of hydrogen-bond acceptors (Lipinski definition) is 3. The number of anilines is 1. The van der Waals surface area contributed by atoms with Crippen LogP contribution in [0.4, 0.5) is 5.69 Å². The van der Waals surface area contributed by atoms with Crippen LogP contribution in [0.5, 0.6) is 5.75 Å². The molecule has 1 unspecified atom stereocenters. The van der Waals surface area contributed by atoms with Crippen LogP contribution >= 0.6 is 0 Å². The molecule has 1 aromatic rings. The Balaban J connectivity index is 2.18. The SMILES string of the molecule is CCCCN(CCCC)c1ccc(C=CC2CC(C)(C)CCC2=O)c(OC)c1. The Morgan fingerprint density at radius 1 is 1.18 bits per heavy atom. The molecule has 3 heteroatoms. The lowest BCUT2D eigenvalue weighted by Gasteiger charge is -2.32. The Morgan fingerprint density at radius 2 is 1.86 bits per heavy atom. The van der Waals surface area contributed by atoms with Gasteiger partial charge in [-0.15, -0.1) is 0 Å². The van der Waals surface area contributed by atoms with Crippen LogP contribution < -0.4 is 9.64 Å². The van der Waals surface area contributed by atoms with Gasteiger partial charge in [-0.25, -0.2) is 0 Å². The smallest absolute Gasteiger partial charge is 0.139 e. The number of allylic oxidation sites excluding steroid dienone is 1. The van der Waals surface area contributed by atoms with Crippen LogP contribution in [0.25, 0.3) is 6.08 Å². The zero-order valence-corrected chi connectivity index (χ0v) is 18.6. The third-order valence-electron chi connectivity index (χ3n) is 5.89. The quantitative estimate of drug-likeness (QED) is 0.460. The van der Waals surface area contributed by atoms with E-state index in [2.05, 4.69) is 62.9 Å².